The Hall–Kier alpha value is -3.87. The number of benzene rings is 2. The number of hydrogen-bond acceptors (Lipinski definition) is 4. The van der Waals surface area contributed by atoms with Gasteiger partial charge in [0.2, 0.25) is 0 Å². The third-order valence-corrected chi connectivity index (χ3v) is 4.50. The lowest BCUT2D eigenvalue weighted by molar-refractivity contribution is -0.119. The van der Waals surface area contributed by atoms with Crippen LogP contribution in [-0.4, -0.2) is 34.3 Å². The molecule has 0 spiro atoms. The maximum Gasteiger partial charge on any atom is 0.335 e. The fourth-order valence-corrected chi connectivity index (χ4v) is 2.77. The third kappa shape index (κ3) is 5.10. The number of carboxylic acid groups (broad SMARTS) is 1. The average Bonchev–Trinajstić information content (AvgIpc) is 3.17. The van der Waals surface area contributed by atoms with Gasteiger partial charge in [0.25, 0.3) is 5.91 Å². The van der Waals surface area contributed by atoms with Gasteiger partial charge in [0, 0.05) is 17.6 Å². The fraction of sp³-hybridized carbons (Fsp3) is 0.136. The highest BCUT2D eigenvalue weighted by atomic mass is 16.4. The molecule has 0 radical (unpaired) electrons. The monoisotopic (exact) mass is 390 g/mol. The molecule has 3 N–H and O–H groups in total. The topological polar surface area (TPSA) is 95.7 Å². The summed E-state index contributed by atoms with van der Waals surface area (Å²) in [5.41, 5.74) is 7.31. The number of amides is 1. The Morgan fingerprint density at radius 3 is 2.66 bits per heavy atom. The normalized spacial score (nSPS) is 10.8. The molecule has 0 saturated carbocycles. The van der Waals surface area contributed by atoms with Crippen LogP contribution in [0, 0.1) is 13.8 Å². The van der Waals surface area contributed by atoms with E-state index < -0.39 is 5.97 Å². The number of nitrogens with zero attached hydrogens (tertiary/aromatic N) is 2. The van der Waals surface area contributed by atoms with Crippen LogP contribution in [0.15, 0.2) is 65.9 Å². The standard InChI is InChI=1S/C22H22N4O3/c1-15-8-9-18(11-16(15)2)23-14-21(27)25-24-13-20-7-4-10-26(20)19-6-3-5-17(12-19)22(28)29/h3-13,23H,14H2,1-2H3,(H,25,27)(H,28,29)/b24-13-. The quantitative estimate of drug-likeness (QED) is 0.426. The summed E-state index contributed by atoms with van der Waals surface area (Å²) in [6, 6.07) is 16.1. The first-order valence-corrected chi connectivity index (χ1v) is 9.08. The zero-order valence-electron chi connectivity index (χ0n) is 16.2. The van der Waals surface area contributed by atoms with Crippen LogP contribution in [0.5, 0.6) is 0 Å². The summed E-state index contributed by atoms with van der Waals surface area (Å²) in [5, 5.41) is 16.2. The van der Waals surface area contributed by atoms with Crippen molar-refractivity contribution < 1.29 is 14.7 Å². The molecular weight excluding hydrogens is 368 g/mol. The molecule has 0 aliphatic heterocycles. The van der Waals surface area contributed by atoms with Crippen molar-refractivity contribution in [1.82, 2.24) is 9.99 Å². The first-order valence-electron chi connectivity index (χ1n) is 9.08. The molecule has 3 aromatic rings. The van der Waals surface area contributed by atoms with E-state index in [1.54, 1.807) is 29.0 Å². The van der Waals surface area contributed by atoms with Gasteiger partial charge in [0.05, 0.1) is 24.0 Å². The first kappa shape index (κ1) is 19.9. The highest BCUT2D eigenvalue weighted by Crippen LogP contribution is 2.14. The van der Waals surface area contributed by atoms with Crippen LogP contribution in [0.4, 0.5) is 5.69 Å². The average molecular weight is 390 g/mol. The Morgan fingerprint density at radius 1 is 1.07 bits per heavy atom. The van der Waals surface area contributed by atoms with Crippen molar-refractivity contribution >= 4 is 23.8 Å². The molecule has 3 rings (SSSR count). The van der Waals surface area contributed by atoms with Crippen molar-refractivity contribution in [2.75, 3.05) is 11.9 Å². The molecule has 0 saturated heterocycles. The zero-order valence-corrected chi connectivity index (χ0v) is 16.2. The van der Waals surface area contributed by atoms with Gasteiger partial charge in [0.15, 0.2) is 0 Å². The molecule has 7 heteroatoms. The second-order valence-electron chi connectivity index (χ2n) is 6.60. The summed E-state index contributed by atoms with van der Waals surface area (Å²) in [4.78, 5) is 23.2. The predicted octanol–water partition coefficient (Wildman–Crippen LogP) is 3.35. The Morgan fingerprint density at radius 2 is 1.90 bits per heavy atom. The van der Waals surface area contributed by atoms with Gasteiger partial charge in [-0.05, 0) is 67.4 Å². The van der Waals surface area contributed by atoms with E-state index in [0.717, 1.165) is 11.3 Å². The van der Waals surface area contributed by atoms with Crippen molar-refractivity contribution in [3.63, 3.8) is 0 Å². The third-order valence-electron chi connectivity index (χ3n) is 4.50. The molecular formula is C22H22N4O3. The summed E-state index contributed by atoms with van der Waals surface area (Å²) in [7, 11) is 0. The summed E-state index contributed by atoms with van der Waals surface area (Å²) in [5.74, 6) is -1.26. The molecule has 1 aromatic heterocycles. The van der Waals surface area contributed by atoms with Gasteiger partial charge in [-0.15, -0.1) is 0 Å². The highest BCUT2D eigenvalue weighted by Gasteiger charge is 2.07. The maximum atomic E-state index is 12.0. The van der Waals surface area contributed by atoms with Crippen molar-refractivity contribution in [2.45, 2.75) is 13.8 Å². The van der Waals surface area contributed by atoms with Crippen molar-refractivity contribution in [3.05, 3.63) is 83.2 Å². The van der Waals surface area contributed by atoms with Crippen molar-refractivity contribution in [2.24, 2.45) is 5.10 Å². The van der Waals surface area contributed by atoms with Crippen LogP contribution in [0.3, 0.4) is 0 Å². The van der Waals surface area contributed by atoms with Crippen LogP contribution in [0.2, 0.25) is 0 Å². The second kappa shape index (κ2) is 8.88. The molecule has 2 aromatic carbocycles. The summed E-state index contributed by atoms with van der Waals surface area (Å²) >= 11 is 0. The molecule has 0 bridgehead atoms. The first-order chi connectivity index (χ1) is 13.9. The van der Waals surface area contributed by atoms with Crippen LogP contribution < -0.4 is 10.7 Å². The van der Waals surface area contributed by atoms with E-state index in [1.165, 1.54) is 17.8 Å². The molecule has 0 unspecified atom stereocenters. The lowest BCUT2D eigenvalue weighted by Crippen LogP contribution is -2.26. The van der Waals surface area contributed by atoms with E-state index in [4.69, 9.17) is 5.11 Å². The number of aryl methyl sites for hydroxylation is 2. The van der Waals surface area contributed by atoms with Gasteiger partial charge in [-0.25, -0.2) is 10.2 Å². The lowest BCUT2D eigenvalue weighted by atomic mass is 10.1. The molecule has 7 nitrogen and oxygen atoms in total. The number of nitrogens with one attached hydrogen (secondary N) is 2. The Kier molecular flexibility index (Phi) is 6.09. The fourth-order valence-electron chi connectivity index (χ4n) is 2.77. The smallest absolute Gasteiger partial charge is 0.335 e. The Labute approximate surface area is 168 Å². The van der Waals surface area contributed by atoms with Crippen LogP contribution in [0.25, 0.3) is 5.69 Å². The van der Waals surface area contributed by atoms with Gasteiger partial charge >= 0.3 is 5.97 Å². The molecule has 1 amide bonds. The minimum atomic E-state index is -0.988. The Balaban J connectivity index is 1.60. The summed E-state index contributed by atoms with van der Waals surface area (Å²) < 4.78 is 1.79. The Bertz CT molecular complexity index is 1070. The van der Waals surface area contributed by atoms with Gasteiger partial charge in [0.1, 0.15) is 0 Å². The van der Waals surface area contributed by atoms with E-state index in [1.807, 2.05) is 44.2 Å². The minimum Gasteiger partial charge on any atom is -0.478 e. The molecule has 0 fully saturated rings. The van der Waals surface area contributed by atoms with Crippen molar-refractivity contribution in [1.29, 1.82) is 0 Å². The number of carbonyl (C=O) groups excluding carboxylic acids is 1. The molecule has 148 valence electrons. The lowest BCUT2D eigenvalue weighted by Gasteiger charge is -2.08. The van der Waals surface area contributed by atoms with Crippen LogP contribution >= 0.6 is 0 Å². The highest BCUT2D eigenvalue weighted by molar-refractivity contribution is 5.88. The molecule has 1 heterocycles. The van der Waals surface area contributed by atoms with Gasteiger partial charge in [-0.3, -0.25) is 4.79 Å². The molecule has 0 aliphatic rings. The van der Waals surface area contributed by atoms with Crippen LogP contribution in [-0.2, 0) is 4.79 Å². The van der Waals surface area contributed by atoms with Gasteiger partial charge in [-0.1, -0.05) is 12.1 Å². The van der Waals surface area contributed by atoms with E-state index >= 15 is 0 Å². The predicted molar refractivity (Wildman–Crippen MR) is 113 cm³/mol. The number of hydrogen-bond donors (Lipinski definition) is 3. The number of carboxylic acids is 1. The zero-order chi connectivity index (χ0) is 20.8. The van der Waals surface area contributed by atoms with E-state index in [9.17, 15) is 9.59 Å². The van der Waals surface area contributed by atoms with E-state index in [-0.39, 0.29) is 18.0 Å². The number of hydrazone groups is 1. The molecule has 0 atom stereocenters. The SMILES string of the molecule is Cc1ccc(NCC(=O)N/N=C\c2cccn2-c2cccc(C(=O)O)c2)cc1C. The number of aromatic nitrogens is 1. The number of carbonyl (C=O) groups is 2. The largest absolute Gasteiger partial charge is 0.478 e. The minimum absolute atomic E-state index is 0.0987. The van der Waals surface area contributed by atoms with E-state index in [0.29, 0.717) is 11.4 Å². The van der Waals surface area contributed by atoms with Gasteiger partial charge in [-0.2, -0.15) is 5.10 Å². The molecule has 0 aliphatic carbocycles. The molecule has 29 heavy (non-hydrogen) atoms. The summed E-state index contributed by atoms with van der Waals surface area (Å²) in [6.07, 6.45) is 3.31. The maximum absolute atomic E-state index is 12.0. The summed E-state index contributed by atoms with van der Waals surface area (Å²) in [6.45, 7) is 4.15. The number of aromatic carboxylic acids is 1. The number of rotatable bonds is 7. The van der Waals surface area contributed by atoms with E-state index in [2.05, 4.69) is 15.8 Å². The second-order valence-corrected chi connectivity index (χ2v) is 6.60. The van der Waals surface area contributed by atoms with Gasteiger partial charge < -0.3 is 15.0 Å². The van der Waals surface area contributed by atoms with Crippen molar-refractivity contribution in [3.8, 4) is 5.69 Å². The van der Waals surface area contributed by atoms with Crippen LogP contribution in [0.1, 0.15) is 27.2 Å². The number of anilines is 1.